The van der Waals surface area contributed by atoms with Crippen molar-refractivity contribution in [3.05, 3.63) is 45.3 Å². The molecule has 3 rings (SSSR count). The number of anilines is 1. The van der Waals surface area contributed by atoms with Crippen LogP contribution in [-0.4, -0.2) is 53.3 Å². The summed E-state index contributed by atoms with van der Waals surface area (Å²) in [5.74, 6) is -0.759. The molecule has 0 unspecified atom stereocenters. The first-order valence-corrected chi connectivity index (χ1v) is 8.95. The van der Waals surface area contributed by atoms with Gasteiger partial charge >= 0.3 is 5.97 Å². The standard InChI is InChI=1S/C18H22N4O6/c1-11-13(16(24)21-18(20-11)22-6-8-27-9-7-22)3-5-15(23)19-10-12-2-4-14(28-12)17(25)26/h2,4H,3,5-10H2,1H3,(H,19,23)(H,25,26)(H,20,21,24). The Morgan fingerprint density at radius 3 is 2.71 bits per heavy atom. The molecule has 1 saturated heterocycles. The van der Waals surface area contributed by atoms with Gasteiger partial charge in [0, 0.05) is 30.8 Å². The van der Waals surface area contributed by atoms with Crippen molar-refractivity contribution >= 4 is 17.8 Å². The second kappa shape index (κ2) is 8.70. The summed E-state index contributed by atoms with van der Waals surface area (Å²) in [4.78, 5) is 44.4. The molecular weight excluding hydrogens is 368 g/mol. The number of aromatic carboxylic acids is 1. The molecule has 28 heavy (non-hydrogen) atoms. The number of carboxylic acid groups (broad SMARTS) is 1. The zero-order valence-corrected chi connectivity index (χ0v) is 15.5. The number of aromatic amines is 1. The normalized spacial score (nSPS) is 14.1. The van der Waals surface area contributed by atoms with Crippen molar-refractivity contribution in [2.24, 2.45) is 0 Å². The summed E-state index contributed by atoms with van der Waals surface area (Å²) >= 11 is 0. The van der Waals surface area contributed by atoms with Crippen LogP contribution in [0.3, 0.4) is 0 Å². The molecule has 1 aliphatic heterocycles. The van der Waals surface area contributed by atoms with Crippen LogP contribution in [0.4, 0.5) is 5.95 Å². The van der Waals surface area contributed by atoms with E-state index < -0.39 is 5.97 Å². The fourth-order valence-electron chi connectivity index (χ4n) is 2.92. The molecule has 2 aromatic heterocycles. The fraction of sp³-hybridized carbons (Fsp3) is 0.444. The third kappa shape index (κ3) is 4.77. The molecule has 150 valence electrons. The summed E-state index contributed by atoms with van der Waals surface area (Å²) in [6.45, 7) is 4.35. The molecule has 1 amide bonds. The monoisotopic (exact) mass is 390 g/mol. The number of aryl methyl sites for hydroxylation is 1. The number of hydrogen-bond acceptors (Lipinski definition) is 7. The topological polar surface area (TPSA) is 138 Å². The lowest BCUT2D eigenvalue weighted by atomic mass is 10.1. The van der Waals surface area contributed by atoms with Crippen molar-refractivity contribution in [3.8, 4) is 0 Å². The van der Waals surface area contributed by atoms with E-state index >= 15 is 0 Å². The number of morpholine rings is 1. The predicted molar refractivity (Wildman–Crippen MR) is 98.5 cm³/mol. The summed E-state index contributed by atoms with van der Waals surface area (Å²) < 4.78 is 10.4. The third-order valence-electron chi connectivity index (χ3n) is 4.45. The number of carbonyl (C=O) groups is 2. The molecular formula is C18H22N4O6. The lowest BCUT2D eigenvalue weighted by Gasteiger charge is -2.27. The quantitative estimate of drug-likeness (QED) is 0.620. The summed E-state index contributed by atoms with van der Waals surface area (Å²) in [6.07, 6.45) is 0.358. The Balaban J connectivity index is 1.55. The number of carboxylic acids is 1. The van der Waals surface area contributed by atoms with E-state index in [1.807, 2.05) is 4.90 Å². The summed E-state index contributed by atoms with van der Waals surface area (Å²) in [6, 6.07) is 2.82. The van der Waals surface area contributed by atoms with E-state index in [4.69, 9.17) is 14.3 Å². The van der Waals surface area contributed by atoms with Gasteiger partial charge in [-0.15, -0.1) is 0 Å². The maximum atomic E-state index is 12.4. The summed E-state index contributed by atoms with van der Waals surface area (Å²) in [7, 11) is 0. The van der Waals surface area contributed by atoms with Crippen molar-refractivity contribution in [3.63, 3.8) is 0 Å². The van der Waals surface area contributed by atoms with Crippen LogP contribution < -0.4 is 15.8 Å². The highest BCUT2D eigenvalue weighted by Crippen LogP contribution is 2.11. The van der Waals surface area contributed by atoms with Crippen LogP contribution in [0.2, 0.25) is 0 Å². The number of nitrogens with zero attached hydrogens (tertiary/aromatic N) is 2. The van der Waals surface area contributed by atoms with E-state index in [2.05, 4.69) is 15.3 Å². The highest BCUT2D eigenvalue weighted by atomic mass is 16.5. The van der Waals surface area contributed by atoms with Crippen LogP contribution in [-0.2, 0) is 22.5 Å². The van der Waals surface area contributed by atoms with Gasteiger partial charge in [-0.3, -0.25) is 14.6 Å². The van der Waals surface area contributed by atoms with E-state index in [1.165, 1.54) is 12.1 Å². The fourth-order valence-corrected chi connectivity index (χ4v) is 2.92. The van der Waals surface area contributed by atoms with Crippen LogP contribution in [0.1, 0.15) is 34.0 Å². The Hall–Kier alpha value is -3.14. The molecule has 0 atom stereocenters. The van der Waals surface area contributed by atoms with Crippen LogP contribution in [0, 0.1) is 6.92 Å². The number of H-pyrrole nitrogens is 1. The van der Waals surface area contributed by atoms with E-state index in [0.717, 1.165) is 0 Å². The lowest BCUT2D eigenvalue weighted by Crippen LogP contribution is -2.38. The number of furan rings is 1. The Labute approximate surface area is 160 Å². The van der Waals surface area contributed by atoms with Crippen molar-refractivity contribution in [1.29, 1.82) is 0 Å². The van der Waals surface area contributed by atoms with Crippen molar-refractivity contribution < 1.29 is 23.8 Å². The van der Waals surface area contributed by atoms with Crippen LogP contribution in [0.15, 0.2) is 21.3 Å². The predicted octanol–water partition coefficient (Wildman–Crippen LogP) is 0.455. The molecule has 2 aromatic rings. The number of ether oxygens (including phenoxy) is 1. The zero-order chi connectivity index (χ0) is 20.1. The third-order valence-corrected chi connectivity index (χ3v) is 4.45. The summed E-state index contributed by atoms with van der Waals surface area (Å²) in [5.41, 5.74) is 0.812. The first-order chi connectivity index (χ1) is 13.4. The van der Waals surface area contributed by atoms with Crippen LogP contribution in [0.25, 0.3) is 0 Å². The largest absolute Gasteiger partial charge is 0.475 e. The second-order valence-corrected chi connectivity index (χ2v) is 6.40. The van der Waals surface area contributed by atoms with Gasteiger partial charge in [0.05, 0.1) is 19.8 Å². The zero-order valence-electron chi connectivity index (χ0n) is 15.5. The van der Waals surface area contributed by atoms with Gasteiger partial charge in [0.1, 0.15) is 5.76 Å². The molecule has 3 heterocycles. The Bertz CT molecular complexity index is 913. The van der Waals surface area contributed by atoms with Gasteiger partial charge in [0.25, 0.3) is 5.56 Å². The first-order valence-electron chi connectivity index (χ1n) is 8.95. The number of rotatable bonds is 7. The maximum absolute atomic E-state index is 12.4. The Morgan fingerprint density at radius 2 is 2.07 bits per heavy atom. The van der Waals surface area contributed by atoms with E-state index in [-0.39, 0.29) is 36.6 Å². The number of aromatic nitrogens is 2. The highest BCUT2D eigenvalue weighted by molar-refractivity contribution is 5.84. The van der Waals surface area contributed by atoms with Crippen molar-refractivity contribution in [2.45, 2.75) is 26.3 Å². The molecule has 10 nitrogen and oxygen atoms in total. The molecule has 10 heteroatoms. The van der Waals surface area contributed by atoms with Gasteiger partial charge in [0.2, 0.25) is 17.6 Å². The molecule has 0 radical (unpaired) electrons. The first kappa shape index (κ1) is 19.6. The van der Waals surface area contributed by atoms with E-state index in [1.54, 1.807) is 6.92 Å². The minimum absolute atomic E-state index is 0.0790. The average Bonchev–Trinajstić information content (AvgIpc) is 3.16. The SMILES string of the molecule is Cc1nc(N2CCOCC2)[nH]c(=O)c1CCC(=O)NCc1ccc(C(=O)O)o1. The van der Waals surface area contributed by atoms with Crippen LogP contribution >= 0.6 is 0 Å². The number of hydrogen-bond donors (Lipinski definition) is 3. The average molecular weight is 390 g/mol. The Morgan fingerprint density at radius 1 is 1.32 bits per heavy atom. The van der Waals surface area contributed by atoms with E-state index in [9.17, 15) is 14.4 Å². The van der Waals surface area contributed by atoms with Crippen molar-refractivity contribution in [2.75, 3.05) is 31.2 Å². The molecule has 0 saturated carbocycles. The molecule has 1 aliphatic rings. The summed E-state index contributed by atoms with van der Waals surface area (Å²) in [5, 5.41) is 11.5. The second-order valence-electron chi connectivity index (χ2n) is 6.40. The van der Waals surface area contributed by atoms with Gasteiger partial charge in [0.15, 0.2) is 0 Å². The minimum Gasteiger partial charge on any atom is -0.475 e. The number of amides is 1. The van der Waals surface area contributed by atoms with Gasteiger partial charge < -0.3 is 24.5 Å². The lowest BCUT2D eigenvalue weighted by molar-refractivity contribution is -0.121. The molecule has 1 fully saturated rings. The molecule has 0 aromatic carbocycles. The van der Waals surface area contributed by atoms with E-state index in [0.29, 0.717) is 49.3 Å². The molecule has 0 aliphatic carbocycles. The molecule has 3 N–H and O–H groups in total. The molecule has 0 spiro atoms. The van der Waals surface area contributed by atoms with Crippen molar-refractivity contribution in [1.82, 2.24) is 15.3 Å². The smallest absolute Gasteiger partial charge is 0.371 e. The molecule has 0 bridgehead atoms. The number of nitrogens with one attached hydrogen (secondary N) is 2. The van der Waals surface area contributed by atoms with Gasteiger partial charge in [-0.1, -0.05) is 0 Å². The Kier molecular flexibility index (Phi) is 6.09. The van der Waals surface area contributed by atoms with Gasteiger partial charge in [-0.05, 0) is 25.5 Å². The highest BCUT2D eigenvalue weighted by Gasteiger charge is 2.17. The maximum Gasteiger partial charge on any atom is 0.371 e. The van der Waals surface area contributed by atoms with Crippen LogP contribution in [0.5, 0.6) is 0 Å². The minimum atomic E-state index is -1.17. The van der Waals surface area contributed by atoms with Gasteiger partial charge in [-0.25, -0.2) is 9.78 Å². The van der Waals surface area contributed by atoms with Gasteiger partial charge in [-0.2, -0.15) is 0 Å². The number of carbonyl (C=O) groups excluding carboxylic acids is 1.